The predicted octanol–water partition coefficient (Wildman–Crippen LogP) is 2.46. The van der Waals surface area contributed by atoms with E-state index in [1.807, 2.05) is 12.1 Å². The number of ether oxygens (including phenoxy) is 2. The summed E-state index contributed by atoms with van der Waals surface area (Å²) in [6, 6.07) is 6.04. The first kappa shape index (κ1) is 14.2. The van der Waals surface area contributed by atoms with Crippen molar-refractivity contribution in [2.24, 2.45) is 0 Å². The van der Waals surface area contributed by atoms with E-state index < -0.39 is 0 Å². The minimum atomic E-state index is 0.0300. The van der Waals surface area contributed by atoms with Crippen LogP contribution in [0.2, 0.25) is 0 Å². The number of hydrogen-bond donors (Lipinski definition) is 2. The molecule has 0 bridgehead atoms. The van der Waals surface area contributed by atoms with Gasteiger partial charge in [-0.3, -0.25) is 0 Å². The molecule has 0 unspecified atom stereocenters. The largest absolute Gasteiger partial charge is 0.493 e. The standard InChI is InChI=1S/C13H21NO2S/c1-13(2,8-14-9-17)10-5-6-11(15-3)12(7-10)16-4/h5-7,14,17H,8-9H2,1-4H3. The fraction of sp³-hybridized carbons (Fsp3) is 0.538. The second kappa shape index (κ2) is 6.17. The Morgan fingerprint density at radius 1 is 1.18 bits per heavy atom. The molecule has 0 aromatic heterocycles. The van der Waals surface area contributed by atoms with Crippen LogP contribution in [0, 0.1) is 0 Å². The molecule has 0 radical (unpaired) electrons. The molecule has 1 rings (SSSR count). The van der Waals surface area contributed by atoms with Gasteiger partial charge in [-0.2, -0.15) is 12.6 Å². The highest BCUT2D eigenvalue weighted by atomic mass is 32.1. The van der Waals surface area contributed by atoms with Crippen molar-refractivity contribution in [3.63, 3.8) is 0 Å². The molecular weight excluding hydrogens is 234 g/mol. The van der Waals surface area contributed by atoms with Gasteiger partial charge in [0.05, 0.1) is 14.2 Å². The average molecular weight is 255 g/mol. The number of thiol groups is 1. The molecular formula is C13H21NO2S. The third-order valence-electron chi connectivity index (χ3n) is 2.84. The van der Waals surface area contributed by atoms with Gasteiger partial charge in [-0.25, -0.2) is 0 Å². The minimum absolute atomic E-state index is 0.0300. The van der Waals surface area contributed by atoms with Crippen molar-refractivity contribution in [1.82, 2.24) is 5.32 Å². The van der Waals surface area contributed by atoms with E-state index in [2.05, 4.69) is 37.9 Å². The molecule has 3 nitrogen and oxygen atoms in total. The Balaban J connectivity index is 2.98. The van der Waals surface area contributed by atoms with Gasteiger partial charge in [0.25, 0.3) is 0 Å². The Hall–Kier alpha value is -0.870. The number of methoxy groups -OCH3 is 2. The summed E-state index contributed by atoms with van der Waals surface area (Å²) >= 11 is 4.16. The van der Waals surface area contributed by atoms with Crippen molar-refractivity contribution < 1.29 is 9.47 Å². The third kappa shape index (κ3) is 3.54. The molecule has 4 heteroatoms. The molecule has 0 aliphatic rings. The molecule has 17 heavy (non-hydrogen) atoms. The van der Waals surface area contributed by atoms with Crippen molar-refractivity contribution in [2.45, 2.75) is 19.3 Å². The molecule has 0 aliphatic carbocycles. The summed E-state index contributed by atoms with van der Waals surface area (Å²) in [7, 11) is 3.30. The van der Waals surface area contributed by atoms with Crippen molar-refractivity contribution in [3.05, 3.63) is 23.8 Å². The van der Waals surface area contributed by atoms with Crippen LogP contribution in [-0.2, 0) is 5.41 Å². The normalized spacial score (nSPS) is 11.4. The van der Waals surface area contributed by atoms with Crippen LogP contribution in [-0.4, -0.2) is 26.6 Å². The molecule has 1 aromatic carbocycles. The Labute approximate surface area is 109 Å². The van der Waals surface area contributed by atoms with Crippen LogP contribution in [0.1, 0.15) is 19.4 Å². The average Bonchev–Trinajstić information content (AvgIpc) is 2.35. The van der Waals surface area contributed by atoms with E-state index in [0.717, 1.165) is 18.0 Å². The third-order valence-corrected chi connectivity index (χ3v) is 3.07. The second-order valence-corrected chi connectivity index (χ2v) is 4.85. The zero-order chi connectivity index (χ0) is 12.9. The van der Waals surface area contributed by atoms with E-state index in [0.29, 0.717) is 5.88 Å². The molecule has 0 fully saturated rings. The van der Waals surface area contributed by atoms with Gasteiger partial charge in [0.15, 0.2) is 11.5 Å². The predicted molar refractivity (Wildman–Crippen MR) is 74.4 cm³/mol. The van der Waals surface area contributed by atoms with E-state index in [1.165, 1.54) is 5.56 Å². The van der Waals surface area contributed by atoms with Crippen LogP contribution < -0.4 is 14.8 Å². The Morgan fingerprint density at radius 2 is 1.82 bits per heavy atom. The molecule has 1 aromatic rings. The van der Waals surface area contributed by atoms with Gasteiger partial charge < -0.3 is 14.8 Å². The molecule has 0 atom stereocenters. The van der Waals surface area contributed by atoms with Crippen LogP contribution in [0.4, 0.5) is 0 Å². The lowest BCUT2D eigenvalue weighted by Gasteiger charge is -2.26. The maximum absolute atomic E-state index is 5.32. The molecule has 1 N–H and O–H groups in total. The van der Waals surface area contributed by atoms with E-state index in [9.17, 15) is 0 Å². The summed E-state index contributed by atoms with van der Waals surface area (Å²) in [6.07, 6.45) is 0. The van der Waals surface area contributed by atoms with Crippen molar-refractivity contribution in [3.8, 4) is 11.5 Å². The molecule has 0 spiro atoms. The van der Waals surface area contributed by atoms with Crippen LogP contribution in [0.5, 0.6) is 11.5 Å². The topological polar surface area (TPSA) is 30.5 Å². The van der Waals surface area contributed by atoms with Crippen molar-refractivity contribution in [1.29, 1.82) is 0 Å². The Bertz CT molecular complexity index is 366. The maximum atomic E-state index is 5.32. The summed E-state index contributed by atoms with van der Waals surface area (Å²) in [5, 5.41) is 3.25. The van der Waals surface area contributed by atoms with Crippen molar-refractivity contribution >= 4 is 12.6 Å². The zero-order valence-electron chi connectivity index (χ0n) is 10.9. The summed E-state index contributed by atoms with van der Waals surface area (Å²) in [6.45, 7) is 5.24. The number of hydrogen-bond acceptors (Lipinski definition) is 4. The molecule has 0 heterocycles. The van der Waals surface area contributed by atoms with Gasteiger partial charge in [-0.15, -0.1) is 0 Å². The molecule has 0 saturated carbocycles. The van der Waals surface area contributed by atoms with E-state index >= 15 is 0 Å². The van der Waals surface area contributed by atoms with Crippen LogP contribution >= 0.6 is 12.6 Å². The van der Waals surface area contributed by atoms with E-state index in [4.69, 9.17) is 9.47 Å². The molecule has 96 valence electrons. The van der Waals surface area contributed by atoms with Gasteiger partial charge in [0.1, 0.15) is 0 Å². The van der Waals surface area contributed by atoms with E-state index in [-0.39, 0.29) is 5.41 Å². The number of rotatable bonds is 6. The zero-order valence-corrected chi connectivity index (χ0v) is 11.8. The van der Waals surface area contributed by atoms with E-state index in [1.54, 1.807) is 14.2 Å². The van der Waals surface area contributed by atoms with Gasteiger partial charge in [-0.05, 0) is 17.7 Å². The van der Waals surface area contributed by atoms with Gasteiger partial charge >= 0.3 is 0 Å². The highest BCUT2D eigenvalue weighted by Crippen LogP contribution is 2.32. The first-order valence-corrected chi connectivity index (χ1v) is 6.22. The molecule has 0 aliphatic heterocycles. The SMILES string of the molecule is COc1ccc(C(C)(C)CNCS)cc1OC. The van der Waals surface area contributed by atoms with Crippen LogP contribution in [0.15, 0.2) is 18.2 Å². The lowest BCUT2D eigenvalue weighted by Crippen LogP contribution is -2.32. The number of nitrogens with one attached hydrogen (secondary N) is 1. The fourth-order valence-electron chi connectivity index (χ4n) is 1.73. The minimum Gasteiger partial charge on any atom is -0.493 e. The Kier molecular flexibility index (Phi) is 5.15. The highest BCUT2D eigenvalue weighted by molar-refractivity contribution is 7.80. The summed E-state index contributed by atoms with van der Waals surface area (Å²) in [4.78, 5) is 0. The lowest BCUT2D eigenvalue weighted by molar-refractivity contribution is 0.353. The molecule has 0 saturated heterocycles. The van der Waals surface area contributed by atoms with Gasteiger partial charge in [-0.1, -0.05) is 19.9 Å². The van der Waals surface area contributed by atoms with Crippen molar-refractivity contribution in [2.75, 3.05) is 26.6 Å². The fourth-order valence-corrected chi connectivity index (χ4v) is 1.84. The Morgan fingerprint density at radius 3 is 2.35 bits per heavy atom. The summed E-state index contributed by atoms with van der Waals surface area (Å²) in [5.41, 5.74) is 1.24. The first-order valence-electron chi connectivity index (χ1n) is 5.59. The summed E-state index contributed by atoms with van der Waals surface area (Å²) in [5.74, 6) is 2.20. The second-order valence-electron chi connectivity index (χ2n) is 4.54. The first-order chi connectivity index (χ1) is 8.05. The van der Waals surface area contributed by atoms with Crippen LogP contribution in [0.25, 0.3) is 0 Å². The highest BCUT2D eigenvalue weighted by Gasteiger charge is 2.21. The lowest BCUT2D eigenvalue weighted by atomic mass is 9.84. The quantitative estimate of drug-likeness (QED) is 0.604. The summed E-state index contributed by atoms with van der Waals surface area (Å²) < 4.78 is 10.5. The monoisotopic (exact) mass is 255 g/mol. The van der Waals surface area contributed by atoms with Gasteiger partial charge in [0, 0.05) is 17.8 Å². The maximum Gasteiger partial charge on any atom is 0.161 e. The number of benzene rings is 1. The molecule has 0 amide bonds. The van der Waals surface area contributed by atoms with Gasteiger partial charge in [0.2, 0.25) is 0 Å². The van der Waals surface area contributed by atoms with Crippen LogP contribution in [0.3, 0.4) is 0 Å². The smallest absolute Gasteiger partial charge is 0.161 e.